The lowest BCUT2D eigenvalue weighted by Crippen LogP contribution is -2.27. The second kappa shape index (κ2) is 7.13. The molecule has 1 aromatic carbocycles. The largest absolute Gasteiger partial charge is 0.352 e. The zero-order valence-corrected chi connectivity index (χ0v) is 14.0. The Labute approximate surface area is 132 Å². The molecule has 0 unspecified atom stereocenters. The third-order valence-electron chi connectivity index (χ3n) is 3.74. The van der Waals surface area contributed by atoms with E-state index in [0.717, 1.165) is 12.8 Å². The monoisotopic (exact) mass is 324 g/mol. The van der Waals surface area contributed by atoms with Gasteiger partial charge in [0.15, 0.2) is 0 Å². The molecule has 0 saturated carbocycles. The predicted molar refractivity (Wildman–Crippen MR) is 88.6 cm³/mol. The quantitative estimate of drug-likeness (QED) is 0.817. The van der Waals surface area contributed by atoms with Crippen molar-refractivity contribution in [3.05, 3.63) is 29.8 Å². The topological polar surface area (TPSA) is 66.5 Å². The first-order chi connectivity index (χ1) is 10.4. The molecule has 1 aliphatic heterocycles. The molecule has 22 heavy (non-hydrogen) atoms. The molecular weight excluding hydrogens is 300 g/mol. The number of nitrogens with zero attached hydrogens (tertiary/aromatic N) is 1. The van der Waals surface area contributed by atoms with E-state index in [1.54, 1.807) is 24.3 Å². The zero-order chi connectivity index (χ0) is 16.2. The highest BCUT2D eigenvalue weighted by atomic mass is 32.2. The Morgan fingerprint density at radius 1 is 1.36 bits per heavy atom. The second-order valence-corrected chi connectivity index (χ2v) is 8.10. The molecule has 0 aliphatic carbocycles. The van der Waals surface area contributed by atoms with Gasteiger partial charge < -0.3 is 5.32 Å². The van der Waals surface area contributed by atoms with Crippen molar-refractivity contribution in [2.45, 2.75) is 33.1 Å². The van der Waals surface area contributed by atoms with E-state index >= 15 is 0 Å². The molecule has 5 nitrogen and oxygen atoms in total. The van der Waals surface area contributed by atoms with Crippen molar-refractivity contribution in [1.82, 2.24) is 5.32 Å². The van der Waals surface area contributed by atoms with Gasteiger partial charge in [-0.05, 0) is 43.4 Å². The van der Waals surface area contributed by atoms with E-state index in [-0.39, 0.29) is 11.7 Å². The van der Waals surface area contributed by atoms with Crippen LogP contribution < -0.4 is 9.62 Å². The molecule has 0 atom stereocenters. The van der Waals surface area contributed by atoms with Gasteiger partial charge in [-0.15, -0.1) is 0 Å². The number of hydrogen-bond donors (Lipinski definition) is 1. The number of carbonyl (C=O) groups excluding carboxylic acids is 1. The molecule has 6 heteroatoms. The fraction of sp³-hybridized carbons (Fsp3) is 0.562. The summed E-state index contributed by atoms with van der Waals surface area (Å²) >= 11 is 0. The summed E-state index contributed by atoms with van der Waals surface area (Å²) in [5.41, 5.74) is 1.08. The molecule has 1 amide bonds. The molecule has 1 saturated heterocycles. The highest BCUT2D eigenvalue weighted by Gasteiger charge is 2.28. The van der Waals surface area contributed by atoms with Crippen molar-refractivity contribution < 1.29 is 13.2 Å². The van der Waals surface area contributed by atoms with E-state index in [1.165, 1.54) is 4.31 Å². The van der Waals surface area contributed by atoms with E-state index in [1.807, 2.05) is 0 Å². The molecule has 0 bridgehead atoms. The maximum absolute atomic E-state index is 12.1. The Balaban J connectivity index is 2.01. The first-order valence-electron chi connectivity index (χ1n) is 7.79. The van der Waals surface area contributed by atoms with Crippen molar-refractivity contribution in [3.8, 4) is 0 Å². The Morgan fingerprint density at radius 3 is 2.77 bits per heavy atom. The maximum Gasteiger partial charge on any atom is 0.251 e. The molecule has 1 N–H and O–H groups in total. The summed E-state index contributed by atoms with van der Waals surface area (Å²) in [5.74, 6) is 0.654. The molecule has 122 valence electrons. The Bertz CT molecular complexity index is 626. The van der Waals surface area contributed by atoms with Crippen LogP contribution in [0.25, 0.3) is 0 Å². The minimum absolute atomic E-state index is 0.151. The number of anilines is 1. The van der Waals surface area contributed by atoms with Gasteiger partial charge in [0.1, 0.15) is 0 Å². The van der Waals surface area contributed by atoms with Gasteiger partial charge >= 0.3 is 0 Å². The Hall–Kier alpha value is -1.56. The average Bonchev–Trinajstić information content (AvgIpc) is 2.83. The van der Waals surface area contributed by atoms with Crippen LogP contribution >= 0.6 is 0 Å². The van der Waals surface area contributed by atoms with Gasteiger partial charge in [-0.25, -0.2) is 8.42 Å². The number of rotatable bonds is 6. The first-order valence-corrected chi connectivity index (χ1v) is 9.40. The van der Waals surface area contributed by atoms with Crippen molar-refractivity contribution in [3.63, 3.8) is 0 Å². The molecule has 0 aromatic heterocycles. The van der Waals surface area contributed by atoms with Crippen LogP contribution in [0.2, 0.25) is 0 Å². The van der Waals surface area contributed by atoms with E-state index < -0.39 is 10.0 Å². The van der Waals surface area contributed by atoms with E-state index in [4.69, 9.17) is 0 Å². The van der Waals surface area contributed by atoms with Crippen molar-refractivity contribution in [1.29, 1.82) is 0 Å². The first kappa shape index (κ1) is 16.8. The number of benzene rings is 1. The van der Waals surface area contributed by atoms with Crippen LogP contribution in [0.4, 0.5) is 5.69 Å². The summed E-state index contributed by atoms with van der Waals surface area (Å²) in [5, 5.41) is 2.89. The zero-order valence-electron chi connectivity index (χ0n) is 13.2. The van der Waals surface area contributed by atoms with Gasteiger partial charge in [0.05, 0.1) is 11.4 Å². The van der Waals surface area contributed by atoms with E-state index in [2.05, 4.69) is 19.2 Å². The Morgan fingerprint density at radius 2 is 2.14 bits per heavy atom. The van der Waals surface area contributed by atoms with Gasteiger partial charge in [-0.2, -0.15) is 0 Å². The number of amides is 1. The molecule has 1 heterocycles. The van der Waals surface area contributed by atoms with Crippen LogP contribution in [-0.2, 0) is 10.0 Å². The molecule has 1 aromatic rings. The lowest BCUT2D eigenvalue weighted by Gasteiger charge is -2.17. The van der Waals surface area contributed by atoms with Gasteiger partial charge in [-0.3, -0.25) is 9.10 Å². The van der Waals surface area contributed by atoms with E-state index in [0.29, 0.717) is 36.7 Å². The van der Waals surface area contributed by atoms with Crippen LogP contribution in [-0.4, -0.2) is 33.2 Å². The number of hydrogen-bond acceptors (Lipinski definition) is 3. The lowest BCUT2D eigenvalue weighted by atomic mass is 10.1. The average molecular weight is 324 g/mol. The van der Waals surface area contributed by atoms with Crippen molar-refractivity contribution in [2.24, 2.45) is 5.92 Å². The second-order valence-electron chi connectivity index (χ2n) is 6.08. The lowest BCUT2D eigenvalue weighted by molar-refractivity contribution is 0.0952. The number of carbonyl (C=O) groups is 1. The minimum atomic E-state index is -3.21. The van der Waals surface area contributed by atoms with Gasteiger partial charge in [0.25, 0.3) is 5.91 Å². The van der Waals surface area contributed by atoms with Gasteiger partial charge in [0.2, 0.25) is 10.0 Å². The predicted octanol–water partition coefficient (Wildman–Crippen LogP) is 2.39. The third-order valence-corrected chi connectivity index (χ3v) is 5.61. The fourth-order valence-electron chi connectivity index (χ4n) is 2.55. The summed E-state index contributed by atoms with van der Waals surface area (Å²) in [6, 6.07) is 6.83. The molecular formula is C16H24N2O3S. The van der Waals surface area contributed by atoms with Crippen LogP contribution in [0.3, 0.4) is 0 Å². The van der Waals surface area contributed by atoms with Gasteiger partial charge in [0, 0.05) is 18.7 Å². The maximum atomic E-state index is 12.1. The third kappa shape index (κ3) is 4.22. The highest BCUT2D eigenvalue weighted by Crippen LogP contribution is 2.24. The highest BCUT2D eigenvalue weighted by molar-refractivity contribution is 7.93. The molecule has 1 fully saturated rings. The summed E-state index contributed by atoms with van der Waals surface area (Å²) in [6.07, 6.45) is 2.66. The summed E-state index contributed by atoms with van der Waals surface area (Å²) < 4.78 is 25.3. The van der Waals surface area contributed by atoms with Crippen molar-refractivity contribution in [2.75, 3.05) is 23.1 Å². The number of nitrogens with one attached hydrogen (secondary N) is 1. The SMILES string of the molecule is CC(C)CCCNC(=O)c1cccc(N2CCCS2(=O)=O)c1. The standard InChI is InChI=1S/C16H24N2O3S/c1-13(2)6-4-9-17-16(19)14-7-3-8-15(12-14)18-10-5-11-22(18,20)21/h3,7-8,12-13H,4-6,9-11H2,1-2H3,(H,17,19). The van der Waals surface area contributed by atoms with Crippen LogP contribution in [0, 0.1) is 5.92 Å². The van der Waals surface area contributed by atoms with E-state index in [9.17, 15) is 13.2 Å². The molecule has 0 spiro atoms. The smallest absolute Gasteiger partial charge is 0.251 e. The summed E-state index contributed by atoms with van der Waals surface area (Å²) in [4.78, 5) is 12.1. The molecule has 0 radical (unpaired) electrons. The molecule has 2 rings (SSSR count). The Kier molecular flexibility index (Phi) is 5.45. The van der Waals surface area contributed by atoms with Crippen LogP contribution in [0.15, 0.2) is 24.3 Å². The van der Waals surface area contributed by atoms with Gasteiger partial charge in [-0.1, -0.05) is 19.9 Å². The summed E-state index contributed by atoms with van der Waals surface area (Å²) in [6.45, 7) is 5.44. The molecule has 1 aliphatic rings. The minimum Gasteiger partial charge on any atom is -0.352 e. The fourth-order valence-corrected chi connectivity index (χ4v) is 4.10. The normalized spacial score (nSPS) is 17.0. The van der Waals surface area contributed by atoms with Crippen LogP contribution in [0.5, 0.6) is 0 Å². The van der Waals surface area contributed by atoms with Crippen molar-refractivity contribution >= 4 is 21.6 Å². The summed E-state index contributed by atoms with van der Waals surface area (Å²) in [7, 11) is -3.21. The van der Waals surface area contributed by atoms with Crippen LogP contribution in [0.1, 0.15) is 43.5 Å². The number of sulfonamides is 1.